The number of benzene rings is 2. The van der Waals surface area contributed by atoms with Crippen molar-refractivity contribution in [1.29, 1.82) is 0 Å². The molecule has 0 radical (unpaired) electrons. The maximum atomic E-state index is 12.8. The molecular weight excluding hydrogens is 465 g/mol. The number of carbonyl (C=O) groups excluding carboxylic acids is 1. The van der Waals surface area contributed by atoms with Crippen molar-refractivity contribution < 1.29 is 40.6 Å². The molecule has 0 aromatic heterocycles. The van der Waals surface area contributed by atoms with Crippen molar-refractivity contribution in [3.63, 3.8) is 0 Å². The second kappa shape index (κ2) is 10.3. The van der Waals surface area contributed by atoms with Crippen molar-refractivity contribution in [1.82, 2.24) is 9.62 Å². The van der Waals surface area contributed by atoms with Gasteiger partial charge in [0.2, 0.25) is 15.9 Å². The lowest BCUT2D eigenvalue weighted by Gasteiger charge is -2.18. The van der Waals surface area contributed by atoms with Crippen molar-refractivity contribution >= 4 is 15.9 Å². The first kappa shape index (κ1) is 24.6. The summed E-state index contributed by atoms with van der Waals surface area (Å²) < 4.78 is 78.8. The molecular formula is C21H23F3N2O6S. The summed E-state index contributed by atoms with van der Waals surface area (Å²) in [6.45, 7) is -0.875. The summed E-state index contributed by atoms with van der Waals surface area (Å²) in [5, 5.41) is 2.58. The van der Waals surface area contributed by atoms with Crippen LogP contribution in [-0.4, -0.2) is 58.2 Å². The van der Waals surface area contributed by atoms with Gasteiger partial charge in [-0.2, -0.15) is 17.5 Å². The average Bonchev–Trinajstić information content (AvgIpc) is 3.01. The Labute approximate surface area is 189 Å². The maximum absolute atomic E-state index is 12.8. The zero-order chi connectivity index (χ0) is 24.1. The standard InChI is InChI=1S/C21H23F3N2O6S/c1-26(33(28,29)17-7-8-18-19(11-17)31-10-2-9-30-18)13-20(27)25-12-15-3-5-16(6-4-15)32-14-21(22,23)24/h3-8,11H,2,9-10,12-14H2,1H3,(H,25,27). The Morgan fingerprint density at radius 3 is 2.42 bits per heavy atom. The Kier molecular flexibility index (Phi) is 7.69. The molecule has 0 bridgehead atoms. The third-order valence-corrected chi connectivity index (χ3v) is 6.41. The zero-order valence-corrected chi connectivity index (χ0v) is 18.5. The minimum absolute atomic E-state index is 0.0310. The van der Waals surface area contributed by atoms with Crippen molar-refractivity contribution in [2.75, 3.05) is 33.4 Å². The number of nitrogens with zero attached hydrogens (tertiary/aromatic N) is 1. The van der Waals surface area contributed by atoms with Crippen LogP contribution in [0.15, 0.2) is 47.4 Å². The quantitative estimate of drug-likeness (QED) is 0.614. The first-order chi connectivity index (χ1) is 15.5. The highest BCUT2D eigenvalue weighted by atomic mass is 32.2. The van der Waals surface area contributed by atoms with E-state index < -0.39 is 35.3 Å². The topological polar surface area (TPSA) is 94.2 Å². The lowest BCUT2D eigenvalue weighted by atomic mass is 10.2. The number of sulfonamides is 1. The van der Waals surface area contributed by atoms with E-state index >= 15 is 0 Å². The SMILES string of the molecule is CN(CC(=O)NCc1ccc(OCC(F)(F)F)cc1)S(=O)(=O)c1ccc2c(c1)OCCCO2. The molecule has 0 atom stereocenters. The van der Waals surface area contributed by atoms with Gasteiger partial charge in [-0.1, -0.05) is 12.1 Å². The van der Waals surface area contributed by atoms with Crippen LogP contribution >= 0.6 is 0 Å². The Bertz CT molecular complexity index is 1070. The number of hydrogen-bond donors (Lipinski definition) is 1. The van der Waals surface area contributed by atoms with Gasteiger partial charge in [-0.15, -0.1) is 0 Å². The fourth-order valence-electron chi connectivity index (χ4n) is 2.90. The predicted octanol–water partition coefficient (Wildman–Crippen LogP) is 2.73. The maximum Gasteiger partial charge on any atom is 0.422 e. The highest BCUT2D eigenvalue weighted by molar-refractivity contribution is 7.89. The number of carbonyl (C=O) groups is 1. The van der Waals surface area contributed by atoms with Crippen molar-refractivity contribution in [3.05, 3.63) is 48.0 Å². The Hall–Kier alpha value is -2.99. The lowest BCUT2D eigenvalue weighted by molar-refractivity contribution is -0.153. The van der Waals surface area contributed by atoms with E-state index in [4.69, 9.17) is 9.47 Å². The van der Waals surface area contributed by atoms with Gasteiger partial charge in [0.15, 0.2) is 18.1 Å². The normalized spacial score (nSPS) is 14.0. The van der Waals surface area contributed by atoms with Gasteiger partial charge in [0.1, 0.15) is 5.75 Å². The number of likely N-dealkylation sites (N-methyl/N-ethyl adjacent to an activating group) is 1. The fraction of sp³-hybridized carbons (Fsp3) is 0.381. The highest BCUT2D eigenvalue weighted by Gasteiger charge is 2.28. The zero-order valence-electron chi connectivity index (χ0n) is 17.7. The molecule has 8 nitrogen and oxygen atoms in total. The largest absolute Gasteiger partial charge is 0.490 e. The van der Waals surface area contributed by atoms with Gasteiger partial charge in [0.05, 0.1) is 24.7 Å². The van der Waals surface area contributed by atoms with E-state index in [2.05, 4.69) is 10.1 Å². The van der Waals surface area contributed by atoms with Crippen molar-refractivity contribution in [2.24, 2.45) is 0 Å². The molecule has 3 rings (SSSR count). The summed E-state index contributed by atoms with van der Waals surface area (Å²) in [5.74, 6) is 0.284. The van der Waals surface area contributed by atoms with Crippen LogP contribution in [0.2, 0.25) is 0 Å². The molecule has 0 spiro atoms. The monoisotopic (exact) mass is 488 g/mol. The Balaban J connectivity index is 1.54. The van der Waals surface area contributed by atoms with E-state index in [0.717, 1.165) is 4.31 Å². The molecule has 0 fully saturated rings. The van der Waals surface area contributed by atoms with Crippen LogP contribution < -0.4 is 19.5 Å². The van der Waals surface area contributed by atoms with Crippen LogP contribution in [0.5, 0.6) is 17.2 Å². The summed E-state index contributed by atoms with van der Waals surface area (Å²) in [4.78, 5) is 12.2. The number of halogens is 3. The Morgan fingerprint density at radius 1 is 1.09 bits per heavy atom. The molecule has 1 heterocycles. The van der Waals surface area contributed by atoms with Crippen LogP contribution in [0.3, 0.4) is 0 Å². The molecule has 1 aliphatic heterocycles. The van der Waals surface area contributed by atoms with E-state index in [1.54, 1.807) is 0 Å². The van der Waals surface area contributed by atoms with Crippen molar-refractivity contribution in [3.8, 4) is 17.2 Å². The number of amides is 1. The molecule has 33 heavy (non-hydrogen) atoms. The van der Waals surface area contributed by atoms with Gasteiger partial charge in [0, 0.05) is 26.1 Å². The second-order valence-corrected chi connectivity index (χ2v) is 9.29. The van der Waals surface area contributed by atoms with Crippen LogP contribution in [0.4, 0.5) is 13.2 Å². The second-order valence-electron chi connectivity index (χ2n) is 7.24. The molecule has 2 aromatic carbocycles. The first-order valence-electron chi connectivity index (χ1n) is 9.96. The van der Waals surface area contributed by atoms with Crippen LogP contribution in [-0.2, 0) is 21.4 Å². The van der Waals surface area contributed by atoms with Gasteiger partial charge in [-0.05, 0) is 29.8 Å². The number of ether oxygens (including phenoxy) is 3. The van der Waals surface area contributed by atoms with Gasteiger partial charge < -0.3 is 19.5 Å². The molecule has 1 aliphatic rings. The molecule has 0 aliphatic carbocycles. The Morgan fingerprint density at radius 2 is 1.76 bits per heavy atom. The summed E-state index contributed by atoms with van der Waals surface area (Å²) in [6, 6.07) is 9.99. The van der Waals surface area contributed by atoms with Crippen LogP contribution in [0, 0.1) is 0 Å². The minimum atomic E-state index is -4.43. The molecule has 180 valence electrons. The molecule has 0 saturated carbocycles. The molecule has 1 amide bonds. The third kappa shape index (κ3) is 6.99. The average molecular weight is 488 g/mol. The van der Waals surface area contributed by atoms with Crippen LogP contribution in [0.1, 0.15) is 12.0 Å². The third-order valence-electron chi connectivity index (χ3n) is 4.61. The van der Waals surface area contributed by atoms with E-state index in [1.165, 1.54) is 49.5 Å². The van der Waals surface area contributed by atoms with E-state index in [1.807, 2.05) is 0 Å². The van der Waals surface area contributed by atoms with E-state index in [9.17, 15) is 26.4 Å². The summed E-state index contributed by atoms with van der Waals surface area (Å²) in [7, 11) is -2.68. The van der Waals surface area contributed by atoms with E-state index in [-0.39, 0.29) is 17.2 Å². The summed E-state index contributed by atoms with van der Waals surface area (Å²) in [6.07, 6.45) is -3.75. The van der Waals surface area contributed by atoms with Gasteiger partial charge in [-0.25, -0.2) is 8.42 Å². The molecule has 2 aromatic rings. The number of nitrogens with one attached hydrogen (secondary N) is 1. The first-order valence-corrected chi connectivity index (χ1v) is 11.4. The van der Waals surface area contributed by atoms with Crippen LogP contribution in [0.25, 0.3) is 0 Å². The fourth-order valence-corrected chi connectivity index (χ4v) is 4.04. The van der Waals surface area contributed by atoms with E-state index in [0.29, 0.717) is 36.7 Å². The number of fused-ring (bicyclic) bond motifs is 1. The number of alkyl halides is 3. The molecule has 0 unspecified atom stereocenters. The highest BCUT2D eigenvalue weighted by Crippen LogP contribution is 2.32. The van der Waals surface area contributed by atoms with Gasteiger partial charge in [-0.3, -0.25) is 4.79 Å². The van der Waals surface area contributed by atoms with Gasteiger partial charge in [0.25, 0.3) is 0 Å². The summed E-state index contributed by atoms with van der Waals surface area (Å²) in [5.41, 5.74) is 0.608. The molecule has 1 N–H and O–H groups in total. The molecule has 0 saturated heterocycles. The van der Waals surface area contributed by atoms with Crippen molar-refractivity contribution in [2.45, 2.75) is 24.0 Å². The lowest BCUT2D eigenvalue weighted by Crippen LogP contribution is -2.38. The smallest absolute Gasteiger partial charge is 0.422 e. The number of rotatable bonds is 8. The predicted molar refractivity (Wildman–Crippen MR) is 112 cm³/mol. The van der Waals surface area contributed by atoms with Gasteiger partial charge >= 0.3 is 6.18 Å². The minimum Gasteiger partial charge on any atom is -0.490 e. The summed E-state index contributed by atoms with van der Waals surface area (Å²) >= 11 is 0. The molecule has 12 heteroatoms. The number of hydrogen-bond acceptors (Lipinski definition) is 6.